The second-order valence-corrected chi connectivity index (χ2v) is 10.4. The smallest absolute Gasteiger partial charge is 0.309 e. The van der Waals surface area contributed by atoms with Gasteiger partial charge in [-0.2, -0.15) is 4.98 Å². The van der Waals surface area contributed by atoms with E-state index in [1.807, 2.05) is 0 Å². The second-order valence-electron chi connectivity index (χ2n) is 10.4. The minimum absolute atomic E-state index is 0.302. The van der Waals surface area contributed by atoms with Crippen LogP contribution >= 0.6 is 0 Å². The largest absolute Gasteiger partial charge is 0.468 e. The average molecular weight is 715 g/mol. The molecule has 1 aromatic rings. The first-order chi connectivity index (χ1) is 23.3. The van der Waals surface area contributed by atoms with Gasteiger partial charge in [0.2, 0.25) is 12.0 Å². The molecule has 276 valence electrons. The number of ether oxygens (including phenoxy) is 9. The molecule has 0 amide bonds. The highest BCUT2D eigenvalue weighted by molar-refractivity contribution is 5.94. The molecule has 0 spiro atoms. The Morgan fingerprint density at radius 2 is 1.42 bits per heavy atom. The first-order valence-electron chi connectivity index (χ1n) is 14.6. The molecule has 0 aromatic carbocycles. The molecule has 1 aromatic heterocycles. The predicted octanol–water partition coefficient (Wildman–Crippen LogP) is -0.628. The fraction of sp³-hybridized carbons (Fsp3) is 0.586. The van der Waals surface area contributed by atoms with Crippen LogP contribution in [-0.4, -0.2) is 114 Å². The lowest BCUT2D eigenvalue weighted by Crippen LogP contribution is -2.59. The van der Waals surface area contributed by atoms with Crippen molar-refractivity contribution < 1.29 is 76.2 Å². The van der Waals surface area contributed by atoms with Crippen LogP contribution in [0.1, 0.15) is 48.5 Å². The van der Waals surface area contributed by atoms with Crippen molar-refractivity contribution in [2.45, 2.75) is 85.2 Å². The number of methoxy groups -OCH3 is 1. The van der Waals surface area contributed by atoms with Crippen molar-refractivity contribution in [1.82, 2.24) is 9.55 Å². The Kier molecular flexibility index (Phi) is 14.8. The summed E-state index contributed by atoms with van der Waals surface area (Å²) in [5, 5.41) is 2.72. The number of hydrogen-bond acceptors (Lipinski definition) is 20. The van der Waals surface area contributed by atoms with Gasteiger partial charge in [0.15, 0.2) is 42.1 Å². The highest BCUT2D eigenvalue weighted by Crippen LogP contribution is 2.29. The quantitative estimate of drug-likeness (QED) is 0.115. The number of esters is 7. The molecule has 1 fully saturated rings. The molecule has 0 bridgehead atoms. The van der Waals surface area contributed by atoms with E-state index >= 15 is 0 Å². The van der Waals surface area contributed by atoms with Crippen LogP contribution in [0.4, 0.5) is 11.5 Å². The van der Waals surface area contributed by atoms with Gasteiger partial charge < -0.3 is 47.9 Å². The summed E-state index contributed by atoms with van der Waals surface area (Å²) in [6.07, 6.45) is -9.24. The molecule has 1 saturated heterocycles. The second kappa shape index (κ2) is 18.2. The maximum absolute atomic E-state index is 13.7. The van der Waals surface area contributed by atoms with E-state index in [1.54, 1.807) is 0 Å². The van der Waals surface area contributed by atoms with E-state index in [-0.39, 0.29) is 6.01 Å². The Morgan fingerprint density at radius 3 is 1.92 bits per heavy atom. The molecule has 1 N–H and O–H groups in total. The van der Waals surface area contributed by atoms with Crippen LogP contribution in [0.5, 0.6) is 6.01 Å². The minimum Gasteiger partial charge on any atom is -0.468 e. The van der Waals surface area contributed by atoms with Crippen molar-refractivity contribution in [3.05, 3.63) is 10.4 Å². The molecular formula is C29H38N4O17. The Balaban J connectivity index is 2.86. The van der Waals surface area contributed by atoms with Crippen molar-refractivity contribution in [3.63, 3.8) is 0 Å². The monoisotopic (exact) mass is 714 g/mol. The van der Waals surface area contributed by atoms with E-state index in [4.69, 9.17) is 42.6 Å². The lowest BCUT2D eigenvalue weighted by atomic mass is 10.0. The molecule has 50 heavy (non-hydrogen) atoms. The number of nitrogens with zero attached hydrogens (tertiary/aromatic N) is 3. The molecule has 6 atom stereocenters. The first-order valence-corrected chi connectivity index (χ1v) is 14.6. The van der Waals surface area contributed by atoms with Gasteiger partial charge in [-0.15, -0.1) is 0 Å². The molecule has 1 aliphatic rings. The van der Waals surface area contributed by atoms with Gasteiger partial charge in [-0.05, 0) is 0 Å². The maximum atomic E-state index is 13.7. The number of anilines is 1. The van der Waals surface area contributed by atoms with Gasteiger partial charge in [0, 0.05) is 55.5 Å². The number of carbonyl (C=O) groups is 7. The average Bonchev–Trinajstić information content (AvgIpc) is 2.98. The van der Waals surface area contributed by atoms with Crippen molar-refractivity contribution in [3.8, 4) is 6.01 Å². The van der Waals surface area contributed by atoms with Crippen LogP contribution in [0.2, 0.25) is 0 Å². The molecule has 2 heterocycles. The molecule has 1 aliphatic heterocycles. The van der Waals surface area contributed by atoms with Crippen LogP contribution in [0.15, 0.2) is 9.79 Å². The molecule has 0 radical (unpaired) electrons. The van der Waals surface area contributed by atoms with Crippen LogP contribution in [0, 0.1) is 0 Å². The zero-order chi connectivity index (χ0) is 37.9. The number of rotatable bonds is 13. The van der Waals surface area contributed by atoms with Crippen LogP contribution < -0.4 is 15.6 Å². The standard InChI is InChI=1S/C29H38N4O17/c1-12(34)43-10-20(46-14(3)36)23(48-16(5)38)27(50-18(7)40)30-21-25(32-29(42-9)33(8)28(21)41)31-26-24(49-17(6)39)22(47-15(4)37)19(11-44-26)45-13(2)35/h19-20,22-24,26,31H,10-11H2,1-9H3/t19-,20+,22+,23+,24-,26+/m1/s1. The Morgan fingerprint density at radius 1 is 0.840 bits per heavy atom. The lowest BCUT2D eigenvalue weighted by Gasteiger charge is -2.40. The third kappa shape index (κ3) is 11.8. The van der Waals surface area contributed by atoms with Crippen LogP contribution in [0.25, 0.3) is 0 Å². The van der Waals surface area contributed by atoms with Gasteiger partial charge in [-0.1, -0.05) is 0 Å². The van der Waals surface area contributed by atoms with Gasteiger partial charge in [0.25, 0.3) is 5.56 Å². The maximum Gasteiger partial charge on any atom is 0.309 e. The van der Waals surface area contributed by atoms with E-state index in [0.717, 1.165) is 53.0 Å². The summed E-state index contributed by atoms with van der Waals surface area (Å²) in [5.74, 6) is -7.53. The highest BCUT2D eigenvalue weighted by Gasteiger charge is 2.47. The van der Waals surface area contributed by atoms with E-state index in [9.17, 15) is 38.4 Å². The van der Waals surface area contributed by atoms with Crippen molar-refractivity contribution in [2.24, 2.45) is 12.0 Å². The Bertz CT molecular complexity index is 1570. The predicted molar refractivity (Wildman–Crippen MR) is 163 cm³/mol. The summed E-state index contributed by atoms with van der Waals surface area (Å²) in [4.78, 5) is 106. The summed E-state index contributed by atoms with van der Waals surface area (Å²) < 4.78 is 48.5. The SMILES string of the molecule is COc1nc(N[C@H]2OC[C@@H](OC(C)=O)[C@H](OC(C)=O)[C@H]2OC(C)=O)c(N=C(OC(C)=O)[C@@H](OC(C)=O)[C@H](COC(C)=O)OC(C)=O)c(=O)n1C. The van der Waals surface area contributed by atoms with Crippen LogP contribution in [-0.2, 0) is 78.5 Å². The number of aliphatic imine (C=N–C) groups is 1. The van der Waals surface area contributed by atoms with E-state index < -0.39 is 115 Å². The summed E-state index contributed by atoms with van der Waals surface area (Å²) in [6.45, 7) is 6.04. The summed E-state index contributed by atoms with van der Waals surface area (Å²) in [6, 6.07) is -0.302. The number of hydrogen-bond donors (Lipinski definition) is 1. The zero-order valence-corrected chi connectivity index (χ0v) is 28.7. The zero-order valence-electron chi connectivity index (χ0n) is 28.7. The minimum atomic E-state index is -1.89. The molecule has 21 heteroatoms. The molecular weight excluding hydrogens is 676 g/mol. The Labute approximate surface area is 284 Å². The fourth-order valence-electron chi connectivity index (χ4n) is 4.42. The van der Waals surface area contributed by atoms with Crippen molar-refractivity contribution in [2.75, 3.05) is 25.6 Å². The third-order valence-corrected chi connectivity index (χ3v) is 6.15. The van der Waals surface area contributed by atoms with Crippen molar-refractivity contribution >= 4 is 59.2 Å². The summed E-state index contributed by atoms with van der Waals surface area (Å²) in [5.41, 5.74) is -1.63. The molecule has 21 nitrogen and oxygen atoms in total. The highest BCUT2D eigenvalue weighted by atomic mass is 16.7. The fourth-order valence-corrected chi connectivity index (χ4v) is 4.42. The number of aromatic nitrogens is 2. The Hall–Kier alpha value is -5.60. The number of carbonyl (C=O) groups excluding carboxylic acids is 7. The van der Waals surface area contributed by atoms with Gasteiger partial charge in [-0.25, -0.2) is 4.99 Å². The molecule has 2 rings (SSSR count). The van der Waals surface area contributed by atoms with Gasteiger partial charge in [-0.3, -0.25) is 42.9 Å². The molecule has 0 unspecified atom stereocenters. The normalized spacial score (nSPS) is 19.8. The first kappa shape index (κ1) is 40.6. The lowest BCUT2D eigenvalue weighted by molar-refractivity contribution is -0.221. The van der Waals surface area contributed by atoms with Gasteiger partial charge in [0.05, 0.1) is 13.7 Å². The van der Waals surface area contributed by atoms with Crippen LogP contribution in [0.3, 0.4) is 0 Å². The van der Waals surface area contributed by atoms with E-state index in [2.05, 4.69) is 15.3 Å². The van der Waals surface area contributed by atoms with E-state index in [0.29, 0.717) is 0 Å². The topological polar surface area (TPSA) is 262 Å². The van der Waals surface area contributed by atoms with E-state index in [1.165, 1.54) is 14.2 Å². The van der Waals surface area contributed by atoms with Gasteiger partial charge >= 0.3 is 47.8 Å². The number of nitrogens with one attached hydrogen (secondary N) is 1. The molecule has 0 saturated carbocycles. The third-order valence-electron chi connectivity index (χ3n) is 6.15. The van der Waals surface area contributed by atoms with Gasteiger partial charge in [0.1, 0.15) is 6.61 Å². The summed E-state index contributed by atoms with van der Waals surface area (Å²) in [7, 11) is 2.43. The van der Waals surface area contributed by atoms with Crippen molar-refractivity contribution in [1.29, 1.82) is 0 Å². The summed E-state index contributed by atoms with van der Waals surface area (Å²) >= 11 is 0. The molecule has 0 aliphatic carbocycles.